The third-order valence-corrected chi connectivity index (χ3v) is 3.48. The van der Waals surface area contributed by atoms with Crippen molar-refractivity contribution in [2.45, 2.75) is 39.7 Å². The fourth-order valence-corrected chi connectivity index (χ4v) is 2.62. The third-order valence-electron chi connectivity index (χ3n) is 3.48. The number of hydrogen-bond donors (Lipinski definition) is 2. The van der Waals surface area contributed by atoms with Crippen LogP contribution in [0.25, 0.3) is 0 Å². The lowest BCUT2D eigenvalue weighted by Crippen LogP contribution is -2.56. The molecule has 0 bridgehead atoms. The number of hydrazine groups is 1. The van der Waals surface area contributed by atoms with Crippen molar-refractivity contribution in [3.05, 3.63) is 0 Å². The molecule has 1 atom stereocenters. The maximum Gasteiger partial charge on any atom is 0.251 e. The highest BCUT2D eigenvalue weighted by Gasteiger charge is 2.27. The maximum absolute atomic E-state index is 11.8. The van der Waals surface area contributed by atoms with Gasteiger partial charge in [-0.2, -0.15) is 0 Å². The molecule has 1 amide bonds. The normalized spacial score (nSPS) is 20.1. The Morgan fingerprint density at radius 1 is 1.28 bits per heavy atom. The zero-order valence-electron chi connectivity index (χ0n) is 12.0. The highest BCUT2D eigenvalue weighted by atomic mass is 16.2. The number of nitrogens with one attached hydrogen (secondary N) is 1. The summed E-state index contributed by atoms with van der Waals surface area (Å²) in [4.78, 5) is 16.5. The molecule has 5 nitrogen and oxygen atoms in total. The van der Waals surface area contributed by atoms with E-state index in [0.29, 0.717) is 5.92 Å². The number of hydrogen-bond acceptors (Lipinski definition) is 4. The lowest BCUT2D eigenvalue weighted by atomic mass is 10.1. The van der Waals surface area contributed by atoms with Gasteiger partial charge in [-0.15, -0.1) is 0 Å². The molecular formula is C13H28N4O. The molecule has 18 heavy (non-hydrogen) atoms. The van der Waals surface area contributed by atoms with Crippen molar-refractivity contribution in [2.75, 3.05) is 32.7 Å². The average molecular weight is 256 g/mol. The lowest BCUT2D eigenvalue weighted by Gasteiger charge is -2.39. The molecule has 5 heteroatoms. The van der Waals surface area contributed by atoms with E-state index < -0.39 is 0 Å². The Kier molecular flexibility index (Phi) is 6.60. The van der Waals surface area contributed by atoms with Gasteiger partial charge in [-0.25, -0.2) is 5.84 Å². The van der Waals surface area contributed by atoms with E-state index in [1.165, 1.54) is 0 Å². The first-order valence-corrected chi connectivity index (χ1v) is 7.05. The number of nitrogens with two attached hydrogens (primary N) is 1. The Hall–Kier alpha value is -0.650. The van der Waals surface area contributed by atoms with Crippen LogP contribution in [0.15, 0.2) is 0 Å². The molecule has 1 saturated heterocycles. The molecule has 1 aliphatic rings. The van der Waals surface area contributed by atoms with Crippen molar-refractivity contribution in [3.63, 3.8) is 0 Å². The van der Waals surface area contributed by atoms with Gasteiger partial charge < -0.3 is 4.90 Å². The molecule has 1 unspecified atom stereocenters. The van der Waals surface area contributed by atoms with Crippen LogP contribution in [-0.4, -0.2) is 54.5 Å². The molecule has 1 rings (SSSR count). The van der Waals surface area contributed by atoms with Crippen molar-refractivity contribution in [3.8, 4) is 0 Å². The monoisotopic (exact) mass is 256 g/mol. The zero-order valence-corrected chi connectivity index (χ0v) is 12.0. The van der Waals surface area contributed by atoms with Crippen LogP contribution in [0.5, 0.6) is 0 Å². The largest absolute Gasteiger partial charge is 0.301 e. The predicted octanol–water partition coefficient (Wildman–Crippen LogP) is 0.419. The summed E-state index contributed by atoms with van der Waals surface area (Å²) in [5, 5.41) is 0. The average Bonchev–Trinajstić information content (AvgIpc) is 2.35. The van der Waals surface area contributed by atoms with Crippen molar-refractivity contribution in [1.82, 2.24) is 15.2 Å². The fourth-order valence-electron chi connectivity index (χ4n) is 2.62. The Morgan fingerprint density at radius 2 is 1.89 bits per heavy atom. The van der Waals surface area contributed by atoms with Crippen molar-refractivity contribution >= 4 is 5.91 Å². The first-order valence-electron chi connectivity index (χ1n) is 7.05. The summed E-state index contributed by atoms with van der Waals surface area (Å²) in [5.41, 5.74) is 2.30. The first kappa shape index (κ1) is 15.4. The molecule has 0 aliphatic carbocycles. The second-order valence-electron chi connectivity index (χ2n) is 5.54. The van der Waals surface area contributed by atoms with Crippen LogP contribution in [0.4, 0.5) is 0 Å². The second-order valence-corrected chi connectivity index (χ2v) is 5.54. The Morgan fingerprint density at radius 3 is 2.33 bits per heavy atom. The van der Waals surface area contributed by atoms with Crippen LogP contribution in [0, 0.1) is 5.92 Å². The summed E-state index contributed by atoms with van der Waals surface area (Å²) >= 11 is 0. The number of carbonyl (C=O) groups is 1. The molecule has 0 radical (unpaired) electrons. The van der Waals surface area contributed by atoms with E-state index in [-0.39, 0.29) is 11.9 Å². The van der Waals surface area contributed by atoms with E-state index in [2.05, 4.69) is 36.0 Å². The first-order chi connectivity index (χ1) is 8.58. The van der Waals surface area contributed by atoms with E-state index in [4.69, 9.17) is 5.84 Å². The minimum atomic E-state index is -0.0544. The van der Waals surface area contributed by atoms with Crippen molar-refractivity contribution < 1.29 is 4.79 Å². The molecule has 0 spiro atoms. The third kappa shape index (κ3) is 4.55. The van der Waals surface area contributed by atoms with Gasteiger partial charge >= 0.3 is 0 Å². The van der Waals surface area contributed by atoms with Crippen LogP contribution in [0.3, 0.4) is 0 Å². The number of carbonyl (C=O) groups excluding carboxylic acids is 1. The van der Waals surface area contributed by atoms with E-state index in [0.717, 1.165) is 45.6 Å². The molecule has 0 aromatic carbocycles. The second kappa shape index (κ2) is 7.71. The molecule has 0 aromatic heterocycles. The Balaban J connectivity index is 2.45. The molecule has 0 aromatic rings. The number of piperazine rings is 1. The van der Waals surface area contributed by atoms with Crippen molar-refractivity contribution in [1.29, 1.82) is 0 Å². The lowest BCUT2D eigenvalue weighted by molar-refractivity contribution is -0.127. The molecule has 106 valence electrons. The number of rotatable bonds is 6. The van der Waals surface area contributed by atoms with Gasteiger partial charge in [-0.1, -0.05) is 27.2 Å². The highest BCUT2D eigenvalue weighted by Crippen LogP contribution is 2.12. The van der Waals surface area contributed by atoms with Crippen molar-refractivity contribution in [2.24, 2.45) is 11.8 Å². The maximum atomic E-state index is 11.8. The summed E-state index contributed by atoms with van der Waals surface area (Å²) in [6.07, 6.45) is 1.89. The van der Waals surface area contributed by atoms with Gasteiger partial charge in [0.2, 0.25) is 0 Å². The quantitative estimate of drug-likeness (QED) is 0.411. The van der Waals surface area contributed by atoms with Crippen LogP contribution >= 0.6 is 0 Å². The van der Waals surface area contributed by atoms with E-state index >= 15 is 0 Å². The Labute approximate surface area is 111 Å². The minimum absolute atomic E-state index is 0.0471. The van der Waals surface area contributed by atoms with E-state index in [1.54, 1.807) is 0 Å². The minimum Gasteiger partial charge on any atom is -0.301 e. The summed E-state index contributed by atoms with van der Waals surface area (Å²) in [7, 11) is 0. The smallest absolute Gasteiger partial charge is 0.251 e. The Bertz CT molecular complexity index is 249. The SMILES string of the molecule is CCCC(C(=O)NN)N1CCN(CC(C)C)CC1. The standard InChI is InChI=1S/C13H28N4O/c1-4-5-12(13(18)15-14)17-8-6-16(7-9-17)10-11(2)3/h11-12H,4-10,14H2,1-3H3,(H,15,18). The fraction of sp³-hybridized carbons (Fsp3) is 0.923. The van der Waals surface area contributed by atoms with Gasteiger partial charge in [0.15, 0.2) is 0 Å². The number of nitrogens with zero attached hydrogens (tertiary/aromatic N) is 2. The zero-order chi connectivity index (χ0) is 13.5. The van der Waals surface area contributed by atoms with Crippen LogP contribution < -0.4 is 11.3 Å². The highest BCUT2D eigenvalue weighted by molar-refractivity contribution is 5.81. The summed E-state index contributed by atoms with van der Waals surface area (Å²) < 4.78 is 0. The molecule has 1 fully saturated rings. The summed E-state index contributed by atoms with van der Waals surface area (Å²) in [6, 6.07) is -0.0544. The van der Waals surface area contributed by atoms with Gasteiger partial charge in [-0.3, -0.25) is 15.1 Å². The van der Waals surface area contributed by atoms with Crippen LogP contribution in [0.1, 0.15) is 33.6 Å². The summed E-state index contributed by atoms with van der Waals surface area (Å²) in [6.45, 7) is 11.8. The van der Waals surface area contributed by atoms with E-state index in [9.17, 15) is 4.79 Å². The van der Waals surface area contributed by atoms with Gasteiger partial charge in [0, 0.05) is 32.7 Å². The molecule has 1 heterocycles. The molecular weight excluding hydrogens is 228 g/mol. The topological polar surface area (TPSA) is 61.6 Å². The molecule has 1 aliphatic heterocycles. The van der Waals surface area contributed by atoms with Gasteiger partial charge in [0.05, 0.1) is 6.04 Å². The summed E-state index contributed by atoms with van der Waals surface area (Å²) in [5.74, 6) is 5.92. The van der Waals surface area contributed by atoms with Gasteiger partial charge in [0.25, 0.3) is 5.91 Å². The van der Waals surface area contributed by atoms with Crippen LogP contribution in [-0.2, 0) is 4.79 Å². The molecule has 3 N–H and O–H groups in total. The van der Waals surface area contributed by atoms with E-state index in [1.807, 2.05) is 0 Å². The molecule has 0 saturated carbocycles. The van der Waals surface area contributed by atoms with Crippen LogP contribution in [0.2, 0.25) is 0 Å². The predicted molar refractivity (Wildman–Crippen MR) is 73.9 cm³/mol. The number of amides is 1. The van der Waals surface area contributed by atoms with Gasteiger partial charge in [0.1, 0.15) is 0 Å². The van der Waals surface area contributed by atoms with Gasteiger partial charge in [-0.05, 0) is 12.3 Å².